The van der Waals surface area contributed by atoms with E-state index in [-0.39, 0.29) is 0 Å². The Morgan fingerprint density at radius 2 is 0.864 bits per heavy atom. The molecule has 134 valence electrons. The van der Waals surface area contributed by atoms with Gasteiger partial charge in [-0.1, -0.05) is 124 Å². The molecule has 0 fully saturated rings. The van der Waals surface area contributed by atoms with E-state index in [1.165, 1.54) is 103 Å². The molecule has 0 heterocycles. The summed E-state index contributed by atoms with van der Waals surface area (Å²) < 4.78 is 0. The van der Waals surface area contributed by atoms with Crippen molar-refractivity contribution in [3.63, 3.8) is 0 Å². The van der Waals surface area contributed by atoms with Crippen LogP contribution in [0.3, 0.4) is 0 Å². The zero-order valence-corrected chi connectivity index (χ0v) is 16.5. The molecule has 0 aromatic rings. The number of unbranched alkanes of at least 4 members (excludes halogenated alkanes) is 13. The van der Waals surface area contributed by atoms with Crippen molar-refractivity contribution in [1.82, 2.24) is 0 Å². The Labute approximate surface area is 142 Å². The van der Waals surface area contributed by atoms with Crippen molar-refractivity contribution in [3.05, 3.63) is 0 Å². The molecule has 22 heavy (non-hydrogen) atoms. The minimum atomic E-state index is 0.877. The van der Waals surface area contributed by atoms with E-state index in [1.54, 1.807) is 0 Å². The monoisotopic (exact) mass is 310 g/mol. The van der Waals surface area contributed by atoms with Crippen LogP contribution in [-0.4, -0.2) is 0 Å². The van der Waals surface area contributed by atoms with E-state index in [0.717, 1.165) is 11.8 Å². The van der Waals surface area contributed by atoms with Gasteiger partial charge in [0.15, 0.2) is 0 Å². The Balaban J connectivity index is 3.05. The second-order valence-electron chi connectivity index (χ2n) is 8.12. The summed E-state index contributed by atoms with van der Waals surface area (Å²) in [4.78, 5) is 0. The molecule has 0 saturated heterocycles. The van der Waals surface area contributed by atoms with Crippen molar-refractivity contribution in [2.24, 2.45) is 11.8 Å². The average molecular weight is 311 g/mol. The topological polar surface area (TPSA) is 0 Å². The number of hydrogen-bond donors (Lipinski definition) is 0. The third-order valence-corrected chi connectivity index (χ3v) is 4.92. The van der Waals surface area contributed by atoms with E-state index in [9.17, 15) is 0 Å². The minimum Gasteiger partial charge on any atom is -0.0654 e. The molecule has 1 unspecified atom stereocenters. The summed E-state index contributed by atoms with van der Waals surface area (Å²) >= 11 is 0. The van der Waals surface area contributed by atoms with E-state index in [1.807, 2.05) is 0 Å². The lowest BCUT2D eigenvalue weighted by Gasteiger charge is -2.13. The lowest BCUT2D eigenvalue weighted by atomic mass is 9.93. The Bertz CT molecular complexity index is 194. The largest absolute Gasteiger partial charge is 0.0654 e. The van der Waals surface area contributed by atoms with Crippen molar-refractivity contribution in [2.75, 3.05) is 0 Å². The quantitative estimate of drug-likeness (QED) is 0.236. The first kappa shape index (κ1) is 22.0. The molecule has 0 heteroatoms. The van der Waals surface area contributed by atoms with Gasteiger partial charge >= 0.3 is 0 Å². The summed E-state index contributed by atoms with van der Waals surface area (Å²) in [5.41, 5.74) is 0. The highest BCUT2D eigenvalue weighted by Crippen LogP contribution is 2.19. The first-order valence-corrected chi connectivity index (χ1v) is 10.7. The molecule has 0 radical (unpaired) electrons. The predicted octanol–water partition coefficient (Wildman–Crippen LogP) is 8.54. The van der Waals surface area contributed by atoms with Crippen LogP contribution in [0.1, 0.15) is 130 Å². The van der Waals surface area contributed by atoms with Crippen LogP contribution in [0.25, 0.3) is 0 Å². The van der Waals surface area contributed by atoms with Gasteiger partial charge in [-0.25, -0.2) is 0 Å². The maximum Gasteiger partial charge on any atom is -0.0440 e. The first-order valence-electron chi connectivity index (χ1n) is 10.7. The van der Waals surface area contributed by atoms with E-state index >= 15 is 0 Å². The van der Waals surface area contributed by atoms with Gasteiger partial charge in [0, 0.05) is 0 Å². The molecular formula is C22H46. The van der Waals surface area contributed by atoms with E-state index < -0.39 is 0 Å². The normalized spacial score (nSPS) is 13.0. The van der Waals surface area contributed by atoms with Crippen molar-refractivity contribution in [3.8, 4) is 0 Å². The van der Waals surface area contributed by atoms with Crippen molar-refractivity contribution < 1.29 is 0 Å². The van der Waals surface area contributed by atoms with Crippen molar-refractivity contribution >= 4 is 0 Å². The van der Waals surface area contributed by atoms with Gasteiger partial charge in [0.25, 0.3) is 0 Å². The number of hydrogen-bond acceptors (Lipinski definition) is 0. The fraction of sp³-hybridized carbons (Fsp3) is 1.00. The molecule has 0 saturated carbocycles. The molecular weight excluding hydrogens is 264 g/mol. The highest BCUT2D eigenvalue weighted by Gasteiger charge is 2.04. The third-order valence-electron chi connectivity index (χ3n) is 4.92. The Morgan fingerprint density at radius 1 is 0.500 bits per heavy atom. The molecule has 0 rings (SSSR count). The van der Waals surface area contributed by atoms with Crippen LogP contribution in [0.2, 0.25) is 0 Å². The van der Waals surface area contributed by atoms with Crippen molar-refractivity contribution in [1.29, 1.82) is 0 Å². The lowest BCUT2D eigenvalue weighted by Crippen LogP contribution is -1.99. The minimum absolute atomic E-state index is 0.877. The standard InChI is InChI=1S/C22H46/c1-5-6-7-8-9-10-11-12-13-14-15-16-17-18-19-22(4)20-21(2)3/h21-22H,5-20H2,1-4H3. The Hall–Kier alpha value is 0. The van der Waals surface area contributed by atoms with E-state index in [2.05, 4.69) is 27.7 Å². The van der Waals surface area contributed by atoms with Crippen LogP contribution in [0.5, 0.6) is 0 Å². The molecule has 0 aliphatic carbocycles. The summed E-state index contributed by atoms with van der Waals surface area (Å²) in [5.74, 6) is 1.82. The second-order valence-corrected chi connectivity index (χ2v) is 8.12. The smallest absolute Gasteiger partial charge is 0.0440 e. The summed E-state index contributed by atoms with van der Waals surface area (Å²) in [5, 5.41) is 0. The Kier molecular flexibility index (Phi) is 17.4. The second kappa shape index (κ2) is 17.4. The van der Waals surface area contributed by atoms with Gasteiger partial charge in [0.05, 0.1) is 0 Å². The summed E-state index contributed by atoms with van der Waals surface area (Å²) in [6.45, 7) is 9.43. The zero-order valence-electron chi connectivity index (χ0n) is 16.5. The summed E-state index contributed by atoms with van der Waals surface area (Å²) in [6, 6.07) is 0. The Morgan fingerprint density at radius 3 is 1.23 bits per heavy atom. The summed E-state index contributed by atoms with van der Waals surface area (Å²) in [6.07, 6.45) is 23.4. The molecule has 0 aromatic carbocycles. The molecule has 0 aliphatic rings. The average Bonchev–Trinajstić information content (AvgIpc) is 2.47. The molecule has 0 spiro atoms. The molecule has 0 aliphatic heterocycles. The van der Waals surface area contributed by atoms with Crippen LogP contribution in [0, 0.1) is 11.8 Å². The summed E-state index contributed by atoms with van der Waals surface area (Å²) in [7, 11) is 0. The molecule has 1 atom stereocenters. The van der Waals surface area contributed by atoms with Gasteiger partial charge in [0.1, 0.15) is 0 Å². The van der Waals surface area contributed by atoms with Gasteiger partial charge in [-0.2, -0.15) is 0 Å². The predicted molar refractivity (Wildman–Crippen MR) is 104 cm³/mol. The fourth-order valence-corrected chi connectivity index (χ4v) is 3.61. The van der Waals surface area contributed by atoms with Crippen LogP contribution < -0.4 is 0 Å². The van der Waals surface area contributed by atoms with Crippen LogP contribution >= 0.6 is 0 Å². The molecule has 0 amide bonds. The van der Waals surface area contributed by atoms with Crippen LogP contribution in [0.4, 0.5) is 0 Å². The van der Waals surface area contributed by atoms with Gasteiger partial charge in [-0.05, 0) is 18.3 Å². The molecule has 0 aromatic heterocycles. The zero-order chi connectivity index (χ0) is 16.5. The SMILES string of the molecule is CCCCCCCCCCCCCCCCC(C)CC(C)C. The van der Waals surface area contributed by atoms with E-state index in [4.69, 9.17) is 0 Å². The molecule has 0 nitrogen and oxygen atoms in total. The van der Waals surface area contributed by atoms with Gasteiger partial charge < -0.3 is 0 Å². The van der Waals surface area contributed by atoms with Gasteiger partial charge in [0.2, 0.25) is 0 Å². The van der Waals surface area contributed by atoms with Crippen LogP contribution in [-0.2, 0) is 0 Å². The highest BCUT2D eigenvalue weighted by atomic mass is 14.1. The molecule has 0 bridgehead atoms. The lowest BCUT2D eigenvalue weighted by molar-refractivity contribution is 0.397. The molecule has 0 N–H and O–H groups in total. The highest BCUT2D eigenvalue weighted by molar-refractivity contribution is 4.57. The van der Waals surface area contributed by atoms with Gasteiger partial charge in [-0.3, -0.25) is 0 Å². The maximum absolute atomic E-state index is 2.43. The first-order chi connectivity index (χ1) is 10.7. The van der Waals surface area contributed by atoms with Crippen LogP contribution in [0.15, 0.2) is 0 Å². The van der Waals surface area contributed by atoms with Gasteiger partial charge in [-0.15, -0.1) is 0 Å². The third kappa shape index (κ3) is 18.1. The number of rotatable bonds is 17. The van der Waals surface area contributed by atoms with Crippen molar-refractivity contribution in [2.45, 2.75) is 130 Å². The fourth-order valence-electron chi connectivity index (χ4n) is 3.61. The maximum atomic E-state index is 2.43. The van der Waals surface area contributed by atoms with E-state index in [0.29, 0.717) is 0 Å².